The maximum absolute atomic E-state index is 12.5. The molecule has 1 saturated heterocycles. The largest absolute Gasteiger partial charge is 0.348 e. The van der Waals surface area contributed by atoms with E-state index in [0.29, 0.717) is 26.2 Å². The number of carbonyl (C=O) groups is 2. The molecule has 0 aliphatic carbocycles. The Morgan fingerprint density at radius 1 is 1.07 bits per heavy atom. The Bertz CT molecular complexity index is 839. The Morgan fingerprint density at radius 2 is 1.79 bits per heavy atom. The van der Waals surface area contributed by atoms with Gasteiger partial charge in [0.25, 0.3) is 0 Å². The van der Waals surface area contributed by atoms with Gasteiger partial charge in [-0.25, -0.2) is 13.1 Å². The smallest absolute Gasteiger partial charge is 0.240 e. The molecular weight excluding hydrogens is 392 g/mol. The summed E-state index contributed by atoms with van der Waals surface area (Å²) < 4.78 is 27.4. The summed E-state index contributed by atoms with van der Waals surface area (Å²) in [4.78, 5) is 30.0. The van der Waals surface area contributed by atoms with Crippen molar-refractivity contribution in [3.63, 3.8) is 0 Å². The number of rotatable bonds is 7. The Kier molecular flexibility index (Phi) is 8.18. The van der Waals surface area contributed by atoms with Gasteiger partial charge in [0.2, 0.25) is 21.8 Å². The monoisotopic (exact) mass is 424 g/mol. The zero-order valence-corrected chi connectivity index (χ0v) is 18.6. The molecule has 1 aromatic carbocycles. The van der Waals surface area contributed by atoms with Crippen molar-refractivity contribution in [2.45, 2.75) is 31.6 Å². The fraction of sp³-hybridized carbons (Fsp3) is 0.600. The van der Waals surface area contributed by atoms with Crippen LogP contribution in [0.1, 0.15) is 24.0 Å². The van der Waals surface area contributed by atoms with Crippen LogP contribution in [0.25, 0.3) is 0 Å². The molecule has 0 aromatic heterocycles. The van der Waals surface area contributed by atoms with Gasteiger partial charge in [-0.1, -0.05) is 6.07 Å². The van der Waals surface area contributed by atoms with Crippen LogP contribution >= 0.6 is 0 Å². The maximum Gasteiger partial charge on any atom is 0.240 e. The quantitative estimate of drug-likeness (QED) is 0.692. The summed E-state index contributed by atoms with van der Waals surface area (Å²) >= 11 is 0. The van der Waals surface area contributed by atoms with Gasteiger partial charge in [-0.05, 0) is 43.5 Å². The van der Waals surface area contributed by atoms with Crippen LogP contribution in [0.3, 0.4) is 0 Å². The topological polar surface area (TPSA) is 90.0 Å². The zero-order valence-electron chi connectivity index (χ0n) is 17.8. The lowest BCUT2D eigenvalue weighted by molar-refractivity contribution is -0.130. The van der Waals surface area contributed by atoms with Crippen LogP contribution in [0.5, 0.6) is 0 Å². The molecule has 0 saturated carbocycles. The molecule has 9 heteroatoms. The van der Waals surface area contributed by atoms with Crippen molar-refractivity contribution in [1.29, 1.82) is 0 Å². The number of sulfonamides is 1. The molecular formula is C20H32N4O4S. The summed E-state index contributed by atoms with van der Waals surface area (Å²) in [6.45, 7) is 6.78. The summed E-state index contributed by atoms with van der Waals surface area (Å²) in [6, 6.07) is 4.99. The lowest BCUT2D eigenvalue weighted by atomic mass is 10.1. The van der Waals surface area contributed by atoms with E-state index in [1.54, 1.807) is 42.1 Å². The summed E-state index contributed by atoms with van der Waals surface area (Å²) in [5, 5.41) is 0. The lowest BCUT2D eigenvalue weighted by Gasteiger charge is -2.22. The maximum atomic E-state index is 12.5. The van der Waals surface area contributed by atoms with Crippen LogP contribution in [-0.4, -0.2) is 88.3 Å². The van der Waals surface area contributed by atoms with Crippen molar-refractivity contribution in [2.24, 2.45) is 0 Å². The number of hydrogen-bond acceptors (Lipinski definition) is 5. The van der Waals surface area contributed by atoms with Gasteiger partial charge < -0.3 is 9.80 Å². The fourth-order valence-electron chi connectivity index (χ4n) is 3.13. The summed E-state index contributed by atoms with van der Waals surface area (Å²) in [6.07, 6.45) is 0.904. The average Bonchev–Trinajstić information content (AvgIpc) is 2.89. The number of benzene rings is 1. The molecule has 1 heterocycles. The first-order valence-corrected chi connectivity index (χ1v) is 11.4. The minimum atomic E-state index is -3.63. The van der Waals surface area contributed by atoms with Gasteiger partial charge in [0, 0.05) is 53.2 Å². The van der Waals surface area contributed by atoms with E-state index in [0.717, 1.165) is 24.1 Å². The Hall–Kier alpha value is -1.97. The molecule has 0 unspecified atom stereocenters. The van der Waals surface area contributed by atoms with E-state index in [2.05, 4.69) is 9.62 Å². The standard InChI is InChI=1S/C20H32N4O4S/c1-16-6-7-18(14-17(16)2)29(27,28)21-9-8-19(25)24-11-5-10-23(12-13-24)15-20(26)22(3)4/h6-7,14,21H,5,8-13,15H2,1-4H3. The van der Waals surface area contributed by atoms with Gasteiger partial charge in [-0.15, -0.1) is 0 Å². The molecule has 1 aliphatic rings. The summed E-state index contributed by atoms with van der Waals surface area (Å²) in [5.74, 6) is -0.0286. The molecule has 1 aliphatic heterocycles. The van der Waals surface area contributed by atoms with Crippen LogP contribution in [0.4, 0.5) is 0 Å². The zero-order chi connectivity index (χ0) is 21.6. The third kappa shape index (κ3) is 6.80. The molecule has 2 amide bonds. The van der Waals surface area contributed by atoms with Crippen molar-refractivity contribution in [1.82, 2.24) is 19.4 Å². The number of carbonyl (C=O) groups excluding carboxylic acids is 2. The highest BCUT2D eigenvalue weighted by Gasteiger charge is 2.21. The Morgan fingerprint density at radius 3 is 2.45 bits per heavy atom. The van der Waals surface area contributed by atoms with Gasteiger partial charge in [-0.3, -0.25) is 14.5 Å². The first-order chi connectivity index (χ1) is 13.6. The van der Waals surface area contributed by atoms with Crippen LogP contribution in [-0.2, 0) is 19.6 Å². The van der Waals surface area contributed by atoms with E-state index < -0.39 is 10.0 Å². The van der Waals surface area contributed by atoms with E-state index in [4.69, 9.17) is 0 Å². The first kappa shape index (κ1) is 23.3. The van der Waals surface area contributed by atoms with Crippen molar-refractivity contribution in [3.05, 3.63) is 29.3 Å². The molecule has 1 N–H and O–H groups in total. The van der Waals surface area contributed by atoms with Crippen molar-refractivity contribution < 1.29 is 18.0 Å². The predicted molar refractivity (Wildman–Crippen MR) is 112 cm³/mol. The molecule has 1 fully saturated rings. The van der Waals surface area contributed by atoms with Crippen molar-refractivity contribution in [3.8, 4) is 0 Å². The number of likely N-dealkylation sites (N-methyl/N-ethyl adjacent to an activating group) is 1. The molecule has 2 rings (SSSR count). The highest BCUT2D eigenvalue weighted by atomic mass is 32.2. The van der Waals surface area contributed by atoms with Crippen LogP contribution < -0.4 is 4.72 Å². The van der Waals surface area contributed by atoms with E-state index in [1.807, 2.05) is 13.8 Å². The average molecular weight is 425 g/mol. The molecule has 162 valence electrons. The van der Waals surface area contributed by atoms with Crippen LogP contribution in [0.2, 0.25) is 0 Å². The number of nitrogens with one attached hydrogen (secondary N) is 1. The lowest BCUT2D eigenvalue weighted by Crippen LogP contribution is -2.40. The second-order valence-corrected chi connectivity index (χ2v) is 9.46. The molecule has 0 atom stereocenters. The highest BCUT2D eigenvalue weighted by Crippen LogP contribution is 2.14. The first-order valence-electron chi connectivity index (χ1n) is 9.87. The SMILES string of the molecule is Cc1ccc(S(=O)(=O)NCCC(=O)N2CCCN(CC(=O)N(C)C)CC2)cc1C. The number of nitrogens with zero attached hydrogens (tertiary/aromatic N) is 3. The van der Waals surface area contributed by atoms with Crippen molar-refractivity contribution >= 4 is 21.8 Å². The molecule has 0 radical (unpaired) electrons. The van der Waals surface area contributed by atoms with Crippen molar-refractivity contribution in [2.75, 3.05) is 53.4 Å². The van der Waals surface area contributed by atoms with Gasteiger partial charge in [0.15, 0.2) is 0 Å². The fourth-order valence-corrected chi connectivity index (χ4v) is 4.24. The molecule has 0 spiro atoms. The Balaban J connectivity index is 1.83. The van der Waals surface area contributed by atoms with Crippen LogP contribution in [0, 0.1) is 13.8 Å². The van der Waals surface area contributed by atoms with E-state index in [-0.39, 0.29) is 29.7 Å². The molecule has 1 aromatic rings. The van der Waals surface area contributed by atoms with Gasteiger partial charge in [-0.2, -0.15) is 0 Å². The summed E-state index contributed by atoms with van der Waals surface area (Å²) in [7, 11) is -0.172. The normalized spacial score (nSPS) is 15.8. The molecule has 0 bridgehead atoms. The van der Waals surface area contributed by atoms with E-state index >= 15 is 0 Å². The molecule has 29 heavy (non-hydrogen) atoms. The number of amides is 2. The highest BCUT2D eigenvalue weighted by molar-refractivity contribution is 7.89. The van der Waals surface area contributed by atoms with E-state index in [9.17, 15) is 18.0 Å². The third-order valence-corrected chi connectivity index (χ3v) is 6.68. The van der Waals surface area contributed by atoms with Gasteiger partial charge in [0.05, 0.1) is 11.4 Å². The van der Waals surface area contributed by atoms with Gasteiger partial charge in [0.1, 0.15) is 0 Å². The van der Waals surface area contributed by atoms with E-state index in [1.165, 1.54) is 0 Å². The second-order valence-electron chi connectivity index (χ2n) is 7.69. The number of hydrogen-bond donors (Lipinski definition) is 1. The third-order valence-electron chi connectivity index (χ3n) is 5.22. The second kappa shape index (κ2) is 10.2. The Labute approximate surface area is 173 Å². The minimum Gasteiger partial charge on any atom is -0.348 e. The predicted octanol–water partition coefficient (Wildman–Crippen LogP) is 0.594. The minimum absolute atomic E-state index is 0.0468. The van der Waals surface area contributed by atoms with Crippen LogP contribution in [0.15, 0.2) is 23.1 Å². The van der Waals surface area contributed by atoms with Gasteiger partial charge >= 0.3 is 0 Å². The molecule has 8 nitrogen and oxygen atoms in total. The number of aryl methyl sites for hydroxylation is 2. The summed E-state index contributed by atoms with van der Waals surface area (Å²) in [5.41, 5.74) is 1.94.